The maximum Gasteiger partial charge on any atom is 0.387 e. The first kappa shape index (κ1) is 19.7. The van der Waals surface area contributed by atoms with E-state index in [0.717, 1.165) is 4.31 Å². The summed E-state index contributed by atoms with van der Waals surface area (Å²) in [6.45, 7) is -2.97. The van der Waals surface area contributed by atoms with E-state index in [1.165, 1.54) is 62.6 Å². The van der Waals surface area contributed by atoms with E-state index in [1.54, 1.807) is 12.1 Å². The summed E-state index contributed by atoms with van der Waals surface area (Å²) in [5, 5.41) is 0. The lowest BCUT2D eigenvalue weighted by Gasteiger charge is -2.11. The lowest BCUT2D eigenvalue weighted by molar-refractivity contribution is -0.0499. The molecule has 26 heavy (non-hydrogen) atoms. The molecule has 0 radical (unpaired) electrons. The summed E-state index contributed by atoms with van der Waals surface area (Å²) in [5.41, 5.74) is 0.596. The number of para-hydroxylation sites is 1. The second-order valence-corrected chi connectivity index (χ2v) is 7.58. The molecule has 2 rings (SSSR count). The first-order valence-corrected chi connectivity index (χ1v) is 8.94. The van der Waals surface area contributed by atoms with E-state index in [0.29, 0.717) is 5.56 Å². The molecule has 0 unspecified atom stereocenters. The van der Waals surface area contributed by atoms with Crippen LogP contribution in [0.4, 0.5) is 8.78 Å². The van der Waals surface area contributed by atoms with E-state index < -0.39 is 22.4 Å². The molecule has 0 atom stereocenters. The van der Waals surface area contributed by atoms with Crippen LogP contribution in [0.5, 0.6) is 5.75 Å². The number of halogens is 2. The van der Waals surface area contributed by atoms with Gasteiger partial charge in [0, 0.05) is 25.2 Å². The fourth-order valence-corrected chi connectivity index (χ4v) is 2.99. The minimum atomic E-state index is -3.58. The number of allylic oxidation sites excluding steroid dienone is 1. The molecule has 0 aliphatic heterocycles. The molecule has 0 heterocycles. The molecule has 0 aliphatic carbocycles. The molecule has 0 saturated carbocycles. The molecule has 2 aromatic rings. The average Bonchev–Trinajstić information content (AvgIpc) is 2.60. The highest BCUT2D eigenvalue weighted by atomic mass is 32.2. The standard InChI is InChI=1S/C18H17F2NO4S/c1-21(2)26(23,24)15-10-7-13(8-11-15)16(22)12-9-14-5-3-4-6-17(14)25-18(19)20/h3-12,18H,1-2H3/b12-9+. The summed E-state index contributed by atoms with van der Waals surface area (Å²) in [6, 6.07) is 11.5. The lowest BCUT2D eigenvalue weighted by atomic mass is 10.1. The number of ketones is 1. The molecular formula is C18H17F2NO4S. The first-order valence-electron chi connectivity index (χ1n) is 7.50. The number of benzene rings is 2. The quantitative estimate of drug-likeness (QED) is 0.544. The van der Waals surface area contributed by atoms with E-state index in [-0.39, 0.29) is 16.2 Å². The normalized spacial score (nSPS) is 12.1. The fourth-order valence-electron chi connectivity index (χ4n) is 2.09. The zero-order valence-corrected chi connectivity index (χ0v) is 14.9. The Morgan fingerprint density at radius 1 is 1.08 bits per heavy atom. The van der Waals surface area contributed by atoms with Crippen LogP contribution in [0.3, 0.4) is 0 Å². The molecule has 2 aromatic carbocycles. The lowest BCUT2D eigenvalue weighted by Crippen LogP contribution is -2.22. The van der Waals surface area contributed by atoms with Crippen molar-refractivity contribution in [3.05, 3.63) is 65.7 Å². The average molecular weight is 381 g/mol. The van der Waals surface area contributed by atoms with Gasteiger partial charge in [0.15, 0.2) is 5.78 Å². The zero-order valence-electron chi connectivity index (χ0n) is 14.1. The summed E-state index contributed by atoms with van der Waals surface area (Å²) in [6.07, 6.45) is 2.58. The van der Waals surface area contributed by atoms with Crippen LogP contribution in [0.2, 0.25) is 0 Å². The predicted molar refractivity (Wildman–Crippen MR) is 93.8 cm³/mol. The second kappa shape index (κ2) is 8.20. The van der Waals surface area contributed by atoms with Crippen LogP contribution in [-0.4, -0.2) is 39.2 Å². The van der Waals surface area contributed by atoms with Crippen molar-refractivity contribution in [2.75, 3.05) is 14.1 Å². The highest BCUT2D eigenvalue weighted by molar-refractivity contribution is 7.89. The van der Waals surface area contributed by atoms with Gasteiger partial charge < -0.3 is 4.74 Å². The van der Waals surface area contributed by atoms with Crippen molar-refractivity contribution in [1.29, 1.82) is 0 Å². The molecule has 0 amide bonds. The second-order valence-electron chi connectivity index (χ2n) is 5.43. The van der Waals surface area contributed by atoms with Crippen LogP contribution in [0.1, 0.15) is 15.9 Å². The van der Waals surface area contributed by atoms with Crippen LogP contribution in [-0.2, 0) is 10.0 Å². The topological polar surface area (TPSA) is 63.7 Å². The van der Waals surface area contributed by atoms with E-state index >= 15 is 0 Å². The molecule has 8 heteroatoms. The summed E-state index contributed by atoms with van der Waals surface area (Å²) in [5.74, 6) is -0.440. The fraction of sp³-hybridized carbons (Fsp3) is 0.167. The van der Waals surface area contributed by atoms with Gasteiger partial charge >= 0.3 is 6.61 Å². The Bertz CT molecular complexity index is 907. The Hall–Kier alpha value is -2.58. The number of alkyl halides is 2. The zero-order chi connectivity index (χ0) is 19.3. The Kier molecular flexibility index (Phi) is 6.23. The summed E-state index contributed by atoms with van der Waals surface area (Å²) in [7, 11) is -0.750. The Balaban J connectivity index is 2.20. The van der Waals surface area contributed by atoms with Crippen molar-refractivity contribution in [2.45, 2.75) is 11.5 Å². The third kappa shape index (κ3) is 4.74. The Labute approximate surface area is 150 Å². The molecule has 0 bridgehead atoms. The molecule has 5 nitrogen and oxygen atoms in total. The number of ether oxygens (including phenoxy) is 1. The van der Waals surface area contributed by atoms with Crippen molar-refractivity contribution < 1.29 is 26.7 Å². The number of sulfonamides is 1. The van der Waals surface area contributed by atoms with Gasteiger partial charge in [0.05, 0.1) is 4.90 Å². The van der Waals surface area contributed by atoms with Gasteiger partial charge in [-0.2, -0.15) is 8.78 Å². The van der Waals surface area contributed by atoms with Crippen LogP contribution < -0.4 is 4.74 Å². The van der Waals surface area contributed by atoms with Crippen LogP contribution in [0, 0.1) is 0 Å². The molecule has 0 aliphatic rings. The monoisotopic (exact) mass is 381 g/mol. The third-order valence-corrected chi connectivity index (χ3v) is 5.30. The Morgan fingerprint density at radius 2 is 1.69 bits per heavy atom. The number of carbonyl (C=O) groups excluding carboxylic acids is 1. The summed E-state index contributed by atoms with van der Waals surface area (Å²) < 4.78 is 54.2. The van der Waals surface area contributed by atoms with Crippen LogP contribution >= 0.6 is 0 Å². The number of rotatable bonds is 7. The van der Waals surface area contributed by atoms with Crippen molar-refractivity contribution >= 4 is 21.9 Å². The van der Waals surface area contributed by atoms with Crippen LogP contribution in [0.25, 0.3) is 6.08 Å². The van der Waals surface area contributed by atoms with Gasteiger partial charge in [0.1, 0.15) is 5.75 Å². The minimum Gasteiger partial charge on any atom is -0.434 e. The molecular weight excluding hydrogens is 364 g/mol. The SMILES string of the molecule is CN(C)S(=O)(=O)c1ccc(C(=O)/C=C/c2ccccc2OC(F)F)cc1. The Morgan fingerprint density at radius 3 is 2.27 bits per heavy atom. The van der Waals surface area contributed by atoms with Crippen LogP contribution in [0.15, 0.2) is 59.5 Å². The predicted octanol–water partition coefficient (Wildman–Crippen LogP) is 3.43. The van der Waals surface area contributed by atoms with Gasteiger partial charge in [-0.15, -0.1) is 0 Å². The van der Waals surface area contributed by atoms with E-state index in [9.17, 15) is 22.0 Å². The summed E-state index contributed by atoms with van der Waals surface area (Å²) in [4.78, 5) is 12.3. The first-order chi connectivity index (χ1) is 12.2. The highest BCUT2D eigenvalue weighted by Crippen LogP contribution is 2.22. The van der Waals surface area contributed by atoms with E-state index in [2.05, 4.69) is 4.74 Å². The maximum absolute atomic E-state index is 12.4. The van der Waals surface area contributed by atoms with E-state index in [1.807, 2.05) is 0 Å². The number of hydrogen-bond acceptors (Lipinski definition) is 4. The van der Waals surface area contributed by atoms with Gasteiger partial charge in [-0.3, -0.25) is 4.79 Å². The maximum atomic E-state index is 12.4. The minimum absolute atomic E-state index is 0.0426. The molecule has 0 saturated heterocycles. The third-order valence-electron chi connectivity index (χ3n) is 3.47. The molecule has 138 valence electrons. The van der Waals surface area contributed by atoms with E-state index in [4.69, 9.17) is 0 Å². The van der Waals surface area contributed by atoms with Gasteiger partial charge in [-0.05, 0) is 42.5 Å². The van der Waals surface area contributed by atoms with Crippen molar-refractivity contribution in [2.24, 2.45) is 0 Å². The van der Waals surface area contributed by atoms with Gasteiger partial charge in [0.2, 0.25) is 10.0 Å². The van der Waals surface area contributed by atoms with Gasteiger partial charge in [-0.1, -0.05) is 18.2 Å². The molecule has 0 fully saturated rings. The van der Waals surface area contributed by atoms with Crippen molar-refractivity contribution in [3.8, 4) is 5.75 Å². The number of carbonyl (C=O) groups is 1. The summed E-state index contributed by atoms with van der Waals surface area (Å²) >= 11 is 0. The van der Waals surface area contributed by atoms with Crippen molar-refractivity contribution in [1.82, 2.24) is 4.31 Å². The molecule has 0 N–H and O–H groups in total. The van der Waals surface area contributed by atoms with Gasteiger partial charge in [-0.25, -0.2) is 12.7 Å². The van der Waals surface area contributed by atoms with Gasteiger partial charge in [0.25, 0.3) is 0 Å². The molecule has 0 aromatic heterocycles. The van der Waals surface area contributed by atoms with Crippen molar-refractivity contribution in [3.63, 3.8) is 0 Å². The largest absolute Gasteiger partial charge is 0.434 e. The highest BCUT2D eigenvalue weighted by Gasteiger charge is 2.17. The smallest absolute Gasteiger partial charge is 0.387 e. The number of hydrogen-bond donors (Lipinski definition) is 0. The molecule has 0 spiro atoms. The number of nitrogens with zero attached hydrogens (tertiary/aromatic N) is 1.